The summed E-state index contributed by atoms with van der Waals surface area (Å²) in [6, 6.07) is 15.8. The van der Waals surface area contributed by atoms with Gasteiger partial charge in [-0.3, -0.25) is 9.10 Å². The van der Waals surface area contributed by atoms with E-state index in [0.717, 1.165) is 6.26 Å². The molecule has 0 aromatic heterocycles. The number of ether oxygens (including phenoxy) is 2. The summed E-state index contributed by atoms with van der Waals surface area (Å²) < 4.78 is 36.0. The Hall–Kier alpha value is -2.74. The second-order valence-electron chi connectivity index (χ2n) is 5.46. The molecule has 7 nitrogen and oxygen atoms in total. The van der Waals surface area contributed by atoms with Gasteiger partial charge in [0.2, 0.25) is 10.0 Å². The average Bonchev–Trinajstić information content (AvgIpc) is 2.63. The molecule has 0 atom stereocenters. The fraction of sp³-hybridized carbons (Fsp3) is 0.278. The highest BCUT2D eigenvalue weighted by atomic mass is 32.2. The van der Waals surface area contributed by atoms with Crippen LogP contribution in [0.4, 0.5) is 5.69 Å². The third-order valence-electron chi connectivity index (χ3n) is 3.50. The third kappa shape index (κ3) is 5.66. The van der Waals surface area contributed by atoms with Crippen LogP contribution in [0, 0.1) is 0 Å². The van der Waals surface area contributed by atoms with Gasteiger partial charge in [0.1, 0.15) is 11.5 Å². The van der Waals surface area contributed by atoms with Crippen molar-refractivity contribution in [3.05, 3.63) is 54.6 Å². The van der Waals surface area contributed by atoms with Crippen molar-refractivity contribution in [2.24, 2.45) is 0 Å². The SMILES string of the molecule is COc1ccccc1N(CCNC(=O)COc1ccccc1)S(C)(=O)=O. The summed E-state index contributed by atoms with van der Waals surface area (Å²) in [6.07, 6.45) is 1.11. The van der Waals surface area contributed by atoms with Gasteiger partial charge in [0, 0.05) is 6.54 Å². The molecule has 26 heavy (non-hydrogen) atoms. The van der Waals surface area contributed by atoms with E-state index in [4.69, 9.17) is 9.47 Å². The smallest absolute Gasteiger partial charge is 0.258 e. The maximum Gasteiger partial charge on any atom is 0.258 e. The number of nitrogens with one attached hydrogen (secondary N) is 1. The molecule has 0 spiro atoms. The summed E-state index contributed by atoms with van der Waals surface area (Å²) in [5.74, 6) is 0.702. The fourth-order valence-electron chi connectivity index (χ4n) is 2.31. The Balaban J connectivity index is 1.93. The van der Waals surface area contributed by atoms with E-state index >= 15 is 0 Å². The zero-order chi connectivity index (χ0) is 19.0. The number of sulfonamides is 1. The van der Waals surface area contributed by atoms with Gasteiger partial charge in [-0.15, -0.1) is 0 Å². The van der Waals surface area contributed by atoms with Crippen molar-refractivity contribution in [1.29, 1.82) is 0 Å². The Morgan fingerprint density at radius 2 is 1.73 bits per heavy atom. The van der Waals surface area contributed by atoms with Crippen LogP contribution in [0.3, 0.4) is 0 Å². The molecule has 0 aliphatic rings. The minimum absolute atomic E-state index is 0.0796. The van der Waals surface area contributed by atoms with Gasteiger partial charge in [-0.25, -0.2) is 8.42 Å². The van der Waals surface area contributed by atoms with Crippen molar-refractivity contribution >= 4 is 21.6 Å². The number of carbonyl (C=O) groups excluding carboxylic acids is 1. The number of hydrogen-bond acceptors (Lipinski definition) is 5. The van der Waals surface area contributed by atoms with E-state index in [2.05, 4.69) is 5.32 Å². The van der Waals surface area contributed by atoms with Crippen LogP contribution >= 0.6 is 0 Å². The molecule has 0 saturated heterocycles. The van der Waals surface area contributed by atoms with Crippen LogP contribution in [0.1, 0.15) is 0 Å². The topological polar surface area (TPSA) is 84.9 Å². The summed E-state index contributed by atoms with van der Waals surface area (Å²) >= 11 is 0. The molecule has 0 aliphatic heterocycles. The zero-order valence-corrected chi connectivity index (χ0v) is 15.5. The van der Waals surface area contributed by atoms with Gasteiger partial charge in [0.25, 0.3) is 5.91 Å². The summed E-state index contributed by atoms with van der Waals surface area (Å²) in [4.78, 5) is 11.9. The number of amides is 1. The first kappa shape index (κ1) is 19.6. The Labute approximate surface area is 153 Å². The lowest BCUT2D eigenvalue weighted by Crippen LogP contribution is -2.39. The van der Waals surface area contributed by atoms with Gasteiger partial charge in [-0.2, -0.15) is 0 Å². The molecule has 0 saturated carbocycles. The highest BCUT2D eigenvalue weighted by Gasteiger charge is 2.20. The van der Waals surface area contributed by atoms with Gasteiger partial charge in [0.15, 0.2) is 6.61 Å². The largest absolute Gasteiger partial charge is 0.495 e. The summed E-state index contributed by atoms with van der Waals surface area (Å²) in [5.41, 5.74) is 0.423. The van der Waals surface area contributed by atoms with Crippen molar-refractivity contribution < 1.29 is 22.7 Å². The first-order valence-electron chi connectivity index (χ1n) is 7.97. The number of nitrogens with zero attached hydrogens (tertiary/aromatic N) is 1. The van der Waals surface area contributed by atoms with Gasteiger partial charge in [-0.05, 0) is 24.3 Å². The Bertz CT molecular complexity index is 824. The lowest BCUT2D eigenvalue weighted by Gasteiger charge is -2.24. The lowest BCUT2D eigenvalue weighted by molar-refractivity contribution is -0.123. The van der Waals surface area contributed by atoms with Crippen molar-refractivity contribution in [3.63, 3.8) is 0 Å². The molecule has 0 aliphatic carbocycles. The molecule has 0 bridgehead atoms. The van der Waals surface area contributed by atoms with Crippen molar-refractivity contribution in [2.45, 2.75) is 0 Å². The third-order valence-corrected chi connectivity index (χ3v) is 4.68. The van der Waals surface area contributed by atoms with E-state index in [1.807, 2.05) is 18.2 Å². The van der Waals surface area contributed by atoms with E-state index in [-0.39, 0.29) is 25.6 Å². The zero-order valence-electron chi connectivity index (χ0n) is 14.7. The second-order valence-corrected chi connectivity index (χ2v) is 7.37. The quantitative estimate of drug-likeness (QED) is 0.717. The Kier molecular flexibility index (Phi) is 6.85. The number of para-hydroxylation sites is 3. The highest BCUT2D eigenvalue weighted by molar-refractivity contribution is 7.92. The number of methoxy groups -OCH3 is 1. The molecule has 1 N–H and O–H groups in total. The summed E-state index contributed by atoms with van der Waals surface area (Å²) in [6.45, 7) is 0.0793. The summed E-state index contributed by atoms with van der Waals surface area (Å²) in [7, 11) is -2.06. The highest BCUT2D eigenvalue weighted by Crippen LogP contribution is 2.28. The molecule has 140 valence electrons. The molecule has 0 radical (unpaired) electrons. The maximum atomic E-state index is 12.1. The normalized spacial score (nSPS) is 10.8. The summed E-state index contributed by atoms with van der Waals surface area (Å²) in [5, 5.41) is 2.65. The molecular weight excluding hydrogens is 356 g/mol. The first-order chi connectivity index (χ1) is 12.4. The van der Waals surface area contributed by atoms with Gasteiger partial charge >= 0.3 is 0 Å². The van der Waals surface area contributed by atoms with Crippen LogP contribution in [0.2, 0.25) is 0 Å². The number of benzene rings is 2. The van der Waals surface area contributed by atoms with E-state index in [1.54, 1.807) is 36.4 Å². The van der Waals surface area contributed by atoms with Crippen LogP contribution < -0.4 is 19.1 Å². The lowest BCUT2D eigenvalue weighted by atomic mass is 10.3. The molecule has 1 amide bonds. The molecule has 2 aromatic rings. The first-order valence-corrected chi connectivity index (χ1v) is 9.82. The number of anilines is 1. The molecule has 0 unspecified atom stereocenters. The van der Waals surface area contributed by atoms with Crippen molar-refractivity contribution in [1.82, 2.24) is 5.32 Å². The molecule has 0 heterocycles. The minimum Gasteiger partial charge on any atom is -0.495 e. The predicted molar refractivity (Wildman–Crippen MR) is 100 cm³/mol. The molecule has 0 fully saturated rings. The van der Waals surface area contributed by atoms with E-state index in [0.29, 0.717) is 17.2 Å². The average molecular weight is 378 g/mol. The van der Waals surface area contributed by atoms with Crippen LogP contribution in [0.5, 0.6) is 11.5 Å². The standard InChI is InChI=1S/C18H22N2O5S/c1-24-17-11-7-6-10-16(17)20(26(2,22)23)13-12-19-18(21)14-25-15-8-4-3-5-9-15/h3-11H,12-14H2,1-2H3,(H,19,21). The molecule has 8 heteroatoms. The number of rotatable bonds is 9. The minimum atomic E-state index is -3.53. The molecular formula is C18H22N2O5S. The monoisotopic (exact) mass is 378 g/mol. The van der Waals surface area contributed by atoms with Crippen LogP contribution in [-0.2, 0) is 14.8 Å². The number of hydrogen-bond donors (Lipinski definition) is 1. The van der Waals surface area contributed by atoms with E-state index in [1.165, 1.54) is 11.4 Å². The predicted octanol–water partition coefficient (Wildman–Crippen LogP) is 1.66. The van der Waals surface area contributed by atoms with Crippen LogP contribution in [0.25, 0.3) is 0 Å². The van der Waals surface area contributed by atoms with E-state index in [9.17, 15) is 13.2 Å². The van der Waals surface area contributed by atoms with Crippen LogP contribution in [0.15, 0.2) is 54.6 Å². The second kappa shape index (κ2) is 9.10. The molecule has 2 aromatic carbocycles. The fourth-order valence-corrected chi connectivity index (χ4v) is 3.25. The van der Waals surface area contributed by atoms with Gasteiger partial charge in [0.05, 0.1) is 25.6 Å². The van der Waals surface area contributed by atoms with Crippen LogP contribution in [-0.4, -0.2) is 47.4 Å². The molecule has 2 rings (SSSR count). The van der Waals surface area contributed by atoms with Gasteiger partial charge < -0.3 is 14.8 Å². The maximum absolute atomic E-state index is 12.1. The van der Waals surface area contributed by atoms with Gasteiger partial charge in [-0.1, -0.05) is 30.3 Å². The number of carbonyl (C=O) groups is 1. The Morgan fingerprint density at radius 1 is 1.08 bits per heavy atom. The van der Waals surface area contributed by atoms with E-state index < -0.39 is 10.0 Å². The van der Waals surface area contributed by atoms with Crippen molar-refractivity contribution in [2.75, 3.05) is 37.4 Å². The van der Waals surface area contributed by atoms with Crippen molar-refractivity contribution in [3.8, 4) is 11.5 Å². The Morgan fingerprint density at radius 3 is 2.38 bits per heavy atom.